The normalized spacial score (nSPS) is 22.7. The number of rotatable bonds is 7. The second-order valence-corrected chi connectivity index (χ2v) is 6.90. The van der Waals surface area contributed by atoms with Crippen molar-refractivity contribution in [2.45, 2.75) is 39.2 Å². The Kier molecular flexibility index (Phi) is 5.91. The highest BCUT2D eigenvalue weighted by atomic mass is 16.5. The summed E-state index contributed by atoms with van der Waals surface area (Å²) in [6.07, 6.45) is 8.15. The van der Waals surface area contributed by atoms with E-state index in [-0.39, 0.29) is 5.91 Å². The number of carbonyl (C=O) groups excluding carboxylic acids is 1. The smallest absolute Gasteiger partial charge is 0.220 e. The molecule has 0 unspecified atom stereocenters. The molecule has 1 aromatic rings. The van der Waals surface area contributed by atoms with Gasteiger partial charge in [-0.3, -0.25) is 4.79 Å². The summed E-state index contributed by atoms with van der Waals surface area (Å²) >= 11 is 0. The third kappa shape index (κ3) is 4.84. The van der Waals surface area contributed by atoms with Crippen molar-refractivity contribution in [3.8, 4) is 5.75 Å². The van der Waals surface area contributed by atoms with Gasteiger partial charge < -0.3 is 14.8 Å². The average Bonchev–Trinajstić information content (AvgIpc) is 3.25. The minimum atomic E-state index is 0.113. The molecule has 1 aliphatic heterocycles. The molecule has 0 spiro atoms. The molecule has 130 valence electrons. The van der Waals surface area contributed by atoms with Crippen LogP contribution in [-0.2, 0) is 16.1 Å². The predicted molar refractivity (Wildman–Crippen MR) is 93.9 cm³/mol. The molecule has 1 aromatic carbocycles. The van der Waals surface area contributed by atoms with Gasteiger partial charge in [-0.25, -0.2) is 0 Å². The van der Waals surface area contributed by atoms with Gasteiger partial charge >= 0.3 is 0 Å². The third-order valence-corrected chi connectivity index (χ3v) is 4.76. The van der Waals surface area contributed by atoms with Gasteiger partial charge in [-0.1, -0.05) is 24.3 Å². The highest BCUT2D eigenvalue weighted by molar-refractivity contribution is 5.76. The molecule has 0 radical (unpaired) electrons. The van der Waals surface area contributed by atoms with Crippen LogP contribution in [0, 0.1) is 18.8 Å². The molecule has 1 aliphatic carbocycles. The maximum Gasteiger partial charge on any atom is 0.220 e. The van der Waals surface area contributed by atoms with E-state index in [4.69, 9.17) is 9.47 Å². The van der Waals surface area contributed by atoms with Crippen LogP contribution in [0.4, 0.5) is 0 Å². The molecule has 1 saturated heterocycles. The van der Waals surface area contributed by atoms with Crippen LogP contribution in [0.3, 0.4) is 0 Å². The van der Waals surface area contributed by atoms with Gasteiger partial charge in [0.15, 0.2) is 0 Å². The summed E-state index contributed by atoms with van der Waals surface area (Å²) in [7, 11) is 0. The molecular formula is C20H27NO3. The van der Waals surface area contributed by atoms with Crippen LogP contribution in [-0.4, -0.2) is 25.7 Å². The quantitative estimate of drug-likeness (QED) is 0.780. The molecule has 2 aliphatic rings. The molecule has 3 rings (SSSR count). The summed E-state index contributed by atoms with van der Waals surface area (Å²) in [6, 6.07) is 6.16. The summed E-state index contributed by atoms with van der Waals surface area (Å²) in [5, 5.41) is 3.04. The first-order chi connectivity index (χ1) is 11.7. The highest BCUT2D eigenvalue weighted by Crippen LogP contribution is 2.23. The summed E-state index contributed by atoms with van der Waals surface area (Å²) < 4.78 is 11.4. The van der Waals surface area contributed by atoms with Gasteiger partial charge in [-0.15, -0.1) is 0 Å². The largest absolute Gasteiger partial charge is 0.493 e. The number of carbonyl (C=O) groups is 1. The van der Waals surface area contributed by atoms with Gasteiger partial charge in [0.1, 0.15) is 5.75 Å². The van der Waals surface area contributed by atoms with Crippen LogP contribution in [0.2, 0.25) is 0 Å². The van der Waals surface area contributed by atoms with Crippen molar-refractivity contribution in [2.24, 2.45) is 11.8 Å². The average molecular weight is 329 g/mol. The van der Waals surface area contributed by atoms with E-state index in [1.54, 1.807) is 0 Å². The monoisotopic (exact) mass is 329 g/mol. The van der Waals surface area contributed by atoms with Gasteiger partial charge in [0.2, 0.25) is 5.91 Å². The van der Waals surface area contributed by atoms with Gasteiger partial charge in [-0.2, -0.15) is 0 Å². The zero-order valence-electron chi connectivity index (χ0n) is 14.4. The number of hydrogen-bond acceptors (Lipinski definition) is 3. The van der Waals surface area contributed by atoms with E-state index >= 15 is 0 Å². The summed E-state index contributed by atoms with van der Waals surface area (Å²) in [5.74, 6) is 1.87. The first-order valence-electron chi connectivity index (χ1n) is 8.94. The zero-order valence-corrected chi connectivity index (χ0v) is 14.4. The lowest BCUT2D eigenvalue weighted by Crippen LogP contribution is -2.25. The van der Waals surface area contributed by atoms with Crippen LogP contribution >= 0.6 is 0 Å². The molecular weight excluding hydrogens is 302 g/mol. The standard InChI is InChI=1S/C20H27NO3/c1-15-6-7-18(12-21-20(22)11-16-4-2-3-5-16)19(10-15)24-14-17-8-9-23-13-17/h2,4,6-7,10,16-17H,3,5,8-9,11-14H2,1H3,(H,21,22)/t16-,17-/m0/s1. The molecule has 24 heavy (non-hydrogen) atoms. The topological polar surface area (TPSA) is 47.6 Å². The Morgan fingerprint density at radius 2 is 2.29 bits per heavy atom. The number of aryl methyl sites for hydroxylation is 1. The van der Waals surface area contributed by atoms with E-state index in [2.05, 4.69) is 36.5 Å². The number of amides is 1. The Morgan fingerprint density at radius 3 is 3.04 bits per heavy atom. The maximum absolute atomic E-state index is 12.1. The minimum Gasteiger partial charge on any atom is -0.493 e. The van der Waals surface area contributed by atoms with E-state index in [1.165, 1.54) is 5.56 Å². The van der Waals surface area contributed by atoms with Crippen LogP contribution in [0.5, 0.6) is 5.75 Å². The lowest BCUT2D eigenvalue weighted by Gasteiger charge is -2.16. The summed E-state index contributed by atoms with van der Waals surface area (Å²) in [4.78, 5) is 12.1. The first-order valence-corrected chi connectivity index (χ1v) is 8.94. The molecule has 0 saturated carbocycles. The number of hydrogen-bond donors (Lipinski definition) is 1. The molecule has 1 heterocycles. The van der Waals surface area contributed by atoms with Crippen LogP contribution in [0.1, 0.15) is 36.8 Å². The van der Waals surface area contributed by atoms with Gasteiger partial charge in [0.05, 0.1) is 13.2 Å². The summed E-state index contributed by atoms with van der Waals surface area (Å²) in [5.41, 5.74) is 2.20. The Balaban J connectivity index is 1.53. The lowest BCUT2D eigenvalue weighted by atomic mass is 10.0. The molecule has 4 heteroatoms. The van der Waals surface area contributed by atoms with Crippen LogP contribution in [0.15, 0.2) is 30.4 Å². The fraction of sp³-hybridized carbons (Fsp3) is 0.550. The molecule has 1 N–H and O–H groups in total. The fourth-order valence-electron chi connectivity index (χ4n) is 3.23. The molecule has 2 atom stereocenters. The molecule has 0 bridgehead atoms. The van der Waals surface area contributed by atoms with E-state index in [1.807, 2.05) is 6.07 Å². The van der Waals surface area contributed by atoms with Crippen molar-refractivity contribution >= 4 is 5.91 Å². The maximum atomic E-state index is 12.1. The zero-order chi connectivity index (χ0) is 16.8. The van der Waals surface area contributed by atoms with Crippen molar-refractivity contribution in [3.05, 3.63) is 41.5 Å². The Bertz CT molecular complexity index is 591. The SMILES string of the molecule is Cc1ccc(CNC(=O)C[C@H]2C=CCC2)c(OC[C@H]2CCOC2)c1. The van der Waals surface area contributed by atoms with E-state index < -0.39 is 0 Å². The van der Waals surface area contributed by atoms with E-state index in [9.17, 15) is 4.79 Å². The number of allylic oxidation sites excluding steroid dienone is 2. The number of benzene rings is 1. The Hall–Kier alpha value is -1.81. The van der Waals surface area contributed by atoms with Gasteiger partial charge in [0, 0.05) is 31.1 Å². The molecule has 0 aromatic heterocycles. The molecule has 1 amide bonds. The second-order valence-electron chi connectivity index (χ2n) is 6.90. The fourth-order valence-corrected chi connectivity index (χ4v) is 3.23. The Morgan fingerprint density at radius 1 is 1.38 bits per heavy atom. The predicted octanol–water partition coefficient (Wildman–Crippen LogP) is 3.38. The van der Waals surface area contributed by atoms with E-state index in [0.29, 0.717) is 31.4 Å². The minimum absolute atomic E-state index is 0.113. The molecule has 4 nitrogen and oxygen atoms in total. The van der Waals surface area contributed by atoms with Crippen LogP contribution in [0.25, 0.3) is 0 Å². The third-order valence-electron chi connectivity index (χ3n) is 4.76. The summed E-state index contributed by atoms with van der Waals surface area (Å²) in [6.45, 7) is 4.87. The number of nitrogens with one attached hydrogen (secondary N) is 1. The van der Waals surface area contributed by atoms with E-state index in [0.717, 1.165) is 43.8 Å². The second kappa shape index (κ2) is 8.34. The highest BCUT2D eigenvalue weighted by Gasteiger charge is 2.18. The van der Waals surface area contributed by atoms with Gasteiger partial charge in [-0.05, 0) is 43.7 Å². The Labute approximate surface area is 144 Å². The van der Waals surface area contributed by atoms with Gasteiger partial charge in [0.25, 0.3) is 0 Å². The lowest BCUT2D eigenvalue weighted by molar-refractivity contribution is -0.121. The van der Waals surface area contributed by atoms with Crippen molar-refractivity contribution in [1.29, 1.82) is 0 Å². The first kappa shape index (κ1) is 17.0. The van der Waals surface area contributed by atoms with Crippen LogP contribution < -0.4 is 10.1 Å². The number of ether oxygens (including phenoxy) is 2. The molecule has 1 fully saturated rings. The van der Waals surface area contributed by atoms with Crippen molar-refractivity contribution < 1.29 is 14.3 Å². The van der Waals surface area contributed by atoms with Crippen molar-refractivity contribution in [1.82, 2.24) is 5.32 Å². The van der Waals surface area contributed by atoms with Crippen molar-refractivity contribution in [2.75, 3.05) is 19.8 Å². The van der Waals surface area contributed by atoms with Crippen molar-refractivity contribution in [3.63, 3.8) is 0 Å².